The van der Waals surface area contributed by atoms with Crippen LogP contribution in [0.4, 0.5) is 27.7 Å². The van der Waals surface area contributed by atoms with Crippen molar-refractivity contribution in [2.24, 2.45) is 0 Å². The van der Waals surface area contributed by atoms with Crippen LogP contribution in [0.25, 0.3) is 20.8 Å². The van der Waals surface area contributed by atoms with Crippen LogP contribution in [0.5, 0.6) is 0 Å². The fourth-order valence-electron chi connectivity index (χ4n) is 6.11. The quantitative estimate of drug-likeness (QED) is 0.367. The first-order chi connectivity index (χ1) is 19.0. The monoisotopic (exact) mass is 545 g/mol. The molecule has 0 radical (unpaired) electrons. The molecule has 9 nitrogen and oxygen atoms in total. The van der Waals surface area contributed by atoms with Crippen LogP contribution in [0.15, 0.2) is 36.8 Å². The van der Waals surface area contributed by atoms with Crippen molar-refractivity contribution < 1.29 is 4.39 Å². The molecular formula is C28H32FN9S. The van der Waals surface area contributed by atoms with Crippen molar-refractivity contribution in [1.82, 2.24) is 29.8 Å². The molecule has 3 fully saturated rings. The summed E-state index contributed by atoms with van der Waals surface area (Å²) in [5.74, 6) is 2.23. The Bertz CT molecular complexity index is 1500. The number of pyridine rings is 2. The molecular weight excluding hydrogens is 513 g/mol. The number of rotatable bonds is 6. The number of piperazine rings is 1. The Morgan fingerprint density at radius 2 is 1.87 bits per heavy atom. The molecule has 3 saturated heterocycles. The number of hydrogen-bond acceptors (Lipinski definition) is 10. The van der Waals surface area contributed by atoms with Gasteiger partial charge in [-0.1, -0.05) is 6.92 Å². The van der Waals surface area contributed by atoms with Gasteiger partial charge >= 0.3 is 0 Å². The first-order valence-electron chi connectivity index (χ1n) is 13.8. The van der Waals surface area contributed by atoms with Gasteiger partial charge in [-0.3, -0.25) is 9.88 Å². The van der Waals surface area contributed by atoms with Crippen LogP contribution in [-0.2, 0) is 0 Å². The standard InChI is InChI=1S/C28H32FN9S/c1-3-36-15-22-10-21(36)16-38(22)28-32-17(2)8-26(35-28)34-25-11-23-24(14-31-25)39-27(33-23)18-9-20(13-30-12-18)37-6-4-19(29)5-7-37/h8-9,11-14,19,21-22H,3-7,10,15-16H2,1-2H3,(H,31,32,34,35)/t21-,22-/m0/s1. The third kappa shape index (κ3) is 4.78. The maximum absolute atomic E-state index is 13.6. The van der Waals surface area contributed by atoms with Gasteiger partial charge in [0, 0.05) is 74.0 Å². The highest BCUT2D eigenvalue weighted by Gasteiger charge is 2.43. The number of aromatic nitrogens is 5. The molecule has 0 aromatic carbocycles. The van der Waals surface area contributed by atoms with Gasteiger partial charge in [-0.05, 0) is 38.8 Å². The molecule has 0 aliphatic carbocycles. The molecule has 0 amide bonds. The van der Waals surface area contributed by atoms with E-state index >= 15 is 0 Å². The van der Waals surface area contributed by atoms with Crippen molar-refractivity contribution in [3.8, 4) is 10.6 Å². The topological polar surface area (TPSA) is 86.2 Å². The summed E-state index contributed by atoms with van der Waals surface area (Å²) < 4.78 is 14.6. The number of nitrogens with one attached hydrogen (secondary N) is 1. The molecule has 1 N–H and O–H groups in total. The van der Waals surface area contributed by atoms with E-state index in [1.54, 1.807) is 11.3 Å². The Morgan fingerprint density at radius 1 is 1.00 bits per heavy atom. The number of alkyl halides is 1. The first kappa shape index (κ1) is 24.6. The zero-order valence-corrected chi connectivity index (χ0v) is 23.0. The maximum Gasteiger partial charge on any atom is 0.227 e. The summed E-state index contributed by atoms with van der Waals surface area (Å²) in [5, 5.41) is 4.28. The number of likely N-dealkylation sites (tertiary alicyclic amines) is 1. The van der Waals surface area contributed by atoms with Gasteiger partial charge in [-0.15, -0.1) is 11.3 Å². The fraction of sp³-hybridized carbons (Fsp3) is 0.464. The summed E-state index contributed by atoms with van der Waals surface area (Å²) in [4.78, 5) is 30.7. The zero-order chi connectivity index (χ0) is 26.5. The predicted octanol–water partition coefficient (Wildman–Crippen LogP) is 4.82. The summed E-state index contributed by atoms with van der Waals surface area (Å²) in [6.07, 6.45) is 7.17. The lowest BCUT2D eigenvalue weighted by Gasteiger charge is -2.33. The third-order valence-corrected chi connectivity index (χ3v) is 9.21. The number of piperidine rings is 1. The largest absolute Gasteiger partial charge is 0.370 e. The highest BCUT2D eigenvalue weighted by atomic mass is 32.1. The molecule has 39 heavy (non-hydrogen) atoms. The van der Waals surface area contributed by atoms with Crippen LogP contribution < -0.4 is 15.1 Å². The van der Waals surface area contributed by atoms with Gasteiger partial charge in [0.25, 0.3) is 0 Å². The Kier molecular flexibility index (Phi) is 6.27. The van der Waals surface area contributed by atoms with E-state index in [4.69, 9.17) is 15.0 Å². The Labute approximate surface area is 231 Å². The van der Waals surface area contributed by atoms with Crippen molar-refractivity contribution >= 4 is 44.8 Å². The molecule has 7 heterocycles. The second-order valence-electron chi connectivity index (χ2n) is 10.8. The third-order valence-electron chi connectivity index (χ3n) is 8.15. The van der Waals surface area contributed by atoms with Crippen LogP contribution in [-0.4, -0.2) is 80.8 Å². The number of fused-ring (bicyclic) bond motifs is 3. The number of nitrogens with zero attached hydrogens (tertiary/aromatic N) is 8. The molecule has 4 aromatic heterocycles. The number of thiazole rings is 1. The van der Waals surface area contributed by atoms with Crippen molar-refractivity contribution in [3.63, 3.8) is 0 Å². The van der Waals surface area contributed by atoms with Gasteiger partial charge in [0.2, 0.25) is 5.95 Å². The Morgan fingerprint density at radius 3 is 2.67 bits per heavy atom. The van der Waals surface area contributed by atoms with Crippen LogP contribution >= 0.6 is 11.3 Å². The summed E-state index contributed by atoms with van der Waals surface area (Å²) >= 11 is 1.60. The average molecular weight is 546 g/mol. The van der Waals surface area contributed by atoms with E-state index in [-0.39, 0.29) is 0 Å². The summed E-state index contributed by atoms with van der Waals surface area (Å²) in [6, 6.07) is 7.10. The van der Waals surface area contributed by atoms with E-state index in [0.29, 0.717) is 43.8 Å². The molecule has 3 aliphatic heterocycles. The van der Waals surface area contributed by atoms with Crippen LogP contribution in [0, 0.1) is 6.92 Å². The van der Waals surface area contributed by atoms with E-state index in [2.05, 4.69) is 43.0 Å². The molecule has 4 aromatic rings. The highest BCUT2D eigenvalue weighted by Crippen LogP contribution is 2.35. The van der Waals surface area contributed by atoms with Gasteiger partial charge in [0.05, 0.1) is 22.1 Å². The number of hydrogen-bond donors (Lipinski definition) is 1. The SMILES string of the molecule is CCN1C[C@@H]2C[C@H]1CN2c1nc(C)cc(Nc2cc3nc(-c4cncc(N5CCC(F)CC5)c4)sc3cn2)n1. The van der Waals surface area contributed by atoms with Crippen molar-refractivity contribution in [1.29, 1.82) is 0 Å². The lowest BCUT2D eigenvalue weighted by atomic mass is 10.1. The van der Waals surface area contributed by atoms with Crippen LogP contribution in [0.1, 0.15) is 31.9 Å². The molecule has 2 bridgehead atoms. The predicted molar refractivity (Wildman–Crippen MR) is 154 cm³/mol. The number of anilines is 4. The van der Waals surface area contributed by atoms with Crippen molar-refractivity contribution in [2.45, 2.75) is 51.4 Å². The first-order valence-corrected chi connectivity index (χ1v) is 14.6. The van der Waals surface area contributed by atoms with Crippen LogP contribution in [0.3, 0.4) is 0 Å². The minimum absolute atomic E-state index is 0.482. The summed E-state index contributed by atoms with van der Waals surface area (Å²) in [7, 11) is 0. The van der Waals surface area contributed by atoms with Gasteiger partial charge in [0.1, 0.15) is 22.8 Å². The highest BCUT2D eigenvalue weighted by molar-refractivity contribution is 7.21. The van der Waals surface area contributed by atoms with Gasteiger partial charge < -0.3 is 15.1 Å². The fourth-order valence-corrected chi connectivity index (χ4v) is 7.00. The van der Waals surface area contributed by atoms with E-state index in [1.807, 2.05) is 37.6 Å². The van der Waals surface area contributed by atoms with Crippen molar-refractivity contribution in [3.05, 3.63) is 42.5 Å². The average Bonchev–Trinajstić information content (AvgIpc) is 3.67. The molecule has 11 heteroatoms. The Balaban J connectivity index is 1.10. The van der Waals surface area contributed by atoms with E-state index in [9.17, 15) is 4.39 Å². The van der Waals surface area contributed by atoms with Gasteiger partial charge in [-0.2, -0.15) is 4.98 Å². The lowest BCUT2D eigenvalue weighted by molar-refractivity contribution is 0.250. The normalized spacial score (nSPS) is 21.8. The minimum Gasteiger partial charge on any atom is -0.370 e. The molecule has 3 aliphatic rings. The maximum atomic E-state index is 13.6. The van der Waals surface area contributed by atoms with E-state index in [0.717, 1.165) is 63.6 Å². The second kappa shape index (κ2) is 9.95. The van der Waals surface area contributed by atoms with E-state index < -0.39 is 6.17 Å². The molecule has 0 saturated carbocycles. The van der Waals surface area contributed by atoms with Crippen LogP contribution in [0.2, 0.25) is 0 Å². The smallest absolute Gasteiger partial charge is 0.227 e. The Hall–Kier alpha value is -3.44. The number of aryl methyl sites for hydroxylation is 1. The second-order valence-corrected chi connectivity index (χ2v) is 11.8. The minimum atomic E-state index is -0.697. The molecule has 0 spiro atoms. The molecule has 7 rings (SSSR count). The molecule has 0 unspecified atom stereocenters. The lowest BCUT2D eigenvalue weighted by Crippen LogP contribution is -2.46. The summed E-state index contributed by atoms with van der Waals surface area (Å²) in [6.45, 7) is 8.84. The summed E-state index contributed by atoms with van der Waals surface area (Å²) in [5.41, 5.74) is 3.78. The van der Waals surface area contributed by atoms with Gasteiger partial charge in [0.15, 0.2) is 0 Å². The van der Waals surface area contributed by atoms with Gasteiger partial charge in [-0.25, -0.2) is 19.3 Å². The van der Waals surface area contributed by atoms with E-state index in [1.165, 1.54) is 6.42 Å². The number of halogens is 1. The molecule has 202 valence electrons. The molecule has 2 atom stereocenters. The zero-order valence-electron chi connectivity index (χ0n) is 22.2. The van der Waals surface area contributed by atoms with Crippen molar-refractivity contribution in [2.75, 3.05) is 47.8 Å². The number of likely N-dealkylation sites (N-methyl/N-ethyl adjacent to an activating group) is 1.